The van der Waals surface area contributed by atoms with E-state index in [1.165, 1.54) is 0 Å². The second kappa shape index (κ2) is 5.32. The maximum absolute atomic E-state index is 6.87. The summed E-state index contributed by atoms with van der Waals surface area (Å²) in [5.41, 5.74) is 5.05. The minimum atomic E-state index is -0.127. The molecule has 60 valence electrons. The largest absolute Gasteiger partial charge is 0.385 e. The van der Waals surface area contributed by atoms with Crippen LogP contribution in [-0.2, 0) is 4.74 Å². The molecule has 0 aliphatic carbocycles. The van der Waals surface area contributed by atoms with E-state index in [2.05, 4.69) is 0 Å². The third-order valence-electron chi connectivity index (χ3n) is 0.964. The van der Waals surface area contributed by atoms with Crippen molar-refractivity contribution in [1.82, 2.24) is 4.42 Å². The molecule has 0 aliphatic heterocycles. The summed E-state index contributed by atoms with van der Waals surface area (Å²) in [7, 11) is 1.62. The first kappa shape index (κ1) is 9.52. The van der Waals surface area contributed by atoms with Crippen LogP contribution in [0.25, 0.3) is 0 Å². The van der Waals surface area contributed by atoms with Crippen molar-refractivity contribution in [3.05, 3.63) is 0 Å². The molecule has 0 aromatic rings. The summed E-state index contributed by atoms with van der Waals surface area (Å²) in [5, 5.41) is 6.87. The predicted octanol–water partition coefficient (Wildman–Crippen LogP) is 0.372. The molecular formula is C5H12ClN3O. The first-order chi connectivity index (χ1) is 4.68. The highest BCUT2D eigenvalue weighted by atomic mass is 35.5. The van der Waals surface area contributed by atoms with Crippen LogP contribution in [0, 0.1) is 5.41 Å². The van der Waals surface area contributed by atoms with Crippen molar-refractivity contribution in [3.8, 4) is 0 Å². The molecule has 0 rings (SSSR count). The van der Waals surface area contributed by atoms with Crippen LogP contribution in [0.5, 0.6) is 0 Å². The van der Waals surface area contributed by atoms with Gasteiger partial charge in [-0.05, 0) is 6.42 Å². The van der Waals surface area contributed by atoms with Crippen LogP contribution in [0.1, 0.15) is 6.42 Å². The number of hydrogen-bond donors (Lipinski definition) is 2. The minimum Gasteiger partial charge on any atom is -0.385 e. The third-order valence-corrected chi connectivity index (χ3v) is 1.32. The minimum absolute atomic E-state index is 0.127. The zero-order chi connectivity index (χ0) is 7.98. The van der Waals surface area contributed by atoms with Crippen molar-refractivity contribution < 1.29 is 4.74 Å². The maximum atomic E-state index is 6.87. The van der Waals surface area contributed by atoms with Gasteiger partial charge in [0.2, 0.25) is 5.96 Å². The Morgan fingerprint density at radius 3 is 2.80 bits per heavy atom. The fourth-order valence-corrected chi connectivity index (χ4v) is 0.588. The van der Waals surface area contributed by atoms with Gasteiger partial charge in [0.05, 0.1) is 0 Å². The van der Waals surface area contributed by atoms with Gasteiger partial charge >= 0.3 is 0 Å². The molecule has 0 saturated heterocycles. The number of halogens is 1. The first-order valence-electron chi connectivity index (χ1n) is 2.94. The molecule has 3 N–H and O–H groups in total. The van der Waals surface area contributed by atoms with E-state index in [9.17, 15) is 0 Å². The topological polar surface area (TPSA) is 62.3 Å². The lowest BCUT2D eigenvalue weighted by Gasteiger charge is -2.11. The monoisotopic (exact) mass is 165 g/mol. The van der Waals surface area contributed by atoms with Crippen LogP contribution in [0.15, 0.2) is 0 Å². The number of hydrogen-bond acceptors (Lipinski definition) is 2. The number of rotatable bonds is 4. The van der Waals surface area contributed by atoms with Crippen LogP contribution in [0.4, 0.5) is 0 Å². The van der Waals surface area contributed by atoms with Crippen LogP contribution in [0.2, 0.25) is 0 Å². The summed E-state index contributed by atoms with van der Waals surface area (Å²) in [6.45, 7) is 1.18. The van der Waals surface area contributed by atoms with E-state index in [1.807, 2.05) is 0 Å². The quantitative estimate of drug-likeness (QED) is 0.274. The summed E-state index contributed by atoms with van der Waals surface area (Å²) in [5.74, 6) is -0.127. The number of nitrogens with zero attached hydrogens (tertiary/aromatic N) is 1. The summed E-state index contributed by atoms with van der Waals surface area (Å²) >= 11 is 5.48. The van der Waals surface area contributed by atoms with E-state index in [1.54, 1.807) is 7.11 Å². The molecule has 0 fully saturated rings. The number of nitrogens with two attached hydrogens (primary N) is 1. The normalized spacial score (nSPS) is 9.40. The highest BCUT2D eigenvalue weighted by Crippen LogP contribution is 1.93. The molecule has 0 spiro atoms. The van der Waals surface area contributed by atoms with Gasteiger partial charge in [-0.1, -0.05) is 0 Å². The average molecular weight is 166 g/mol. The van der Waals surface area contributed by atoms with Crippen molar-refractivity contribution in [1.29, 1.82) is 5.41 Å². The number of methoxy groups -OCH3 is 1. The van der Waals surface area contributed by atoms with Crippen molar-refractivity contribution in [2.75, 3.05) is 20.3 Å². The molecule has 4 nitrogen and oxygen atoms in total. The Labute approximate surface area is 65.5 Å². The van der Waals surface area contributed by atoms with E-state index < -0.39 is 0 Å². The summed E-state index contributed by atoms with van der Waals surface area (Å²) < 4.78 is 5.93. The Hall–Kier alpha value is -0.480. The summed E-state index contributed by atoms with van der Waals surface area (Å²) in [6.07, 6.45) is 0.777. The highest BCUT2D eigenvalue weighted by Gasteiger charge is 1.99. The Bertz CT molecular complexity index is 109. The van der Waals surface area contributed by atoms with Gasteiger partial charge in [0, 0.05) is 32.0 Å². The fourth-order valence-electron chi connectivity index (χ4n) is 0.468. The smallest absolute Gasteiger partial charge is 0.203 e. The molecule has 0 aliphatic rings. The number of guanidine groups is 1. The predicted molar refractivity (Wildman–Crippen MR) is 41.0 cm³/mol. The molecule has 0 bridgehead atoms. The fraction of sp³-hybridized carbons (Fsp3) is 0.800. The van der Waals surface area contributed by atoms with Gasteiger partial charge in [0.15, 0.2) is 0 Å². The van der Waals surface area contributed by atoms with E-state index in [0.717, 1.165) is 10.8 Å². The molecule has 10 heavy (non-hydrogen) atoms. The molecule has 0 aromatic heterocycles. The summed E-state index contributed by atoms with van der Waals surface area (Å²) in [4.78, 5) is 0. The molecule has 0 saturated carbocycles. The van der Waals surface area contributed by atoms with E-state index >= 15 is 0 Å². The van der Waals surface area contributed by atoms with Crippen LogP contribution in [-0.4, -0.2) is 30.6 Å². The summed E-state index contributed by atoms with van der Waals surface area (Å²) in [6, 6.07) is 0. The van der Waals surface area contributed by atoms with Gasteiger partial charge in [0.25, 0.3) is 0 Å². The van der Waals surface area contributed by atoms with Crippen LogP contribution in [0.3, 0.4) is 0 Å². The lowest BCUT2D eigenvalue weighted by atomic mass is 10.4. The molecule has 0 atom stereocenters. The van der Waals surface area contributed by atoms with Gasteiger partial charge in [-0.15, -0.1) is 0 Å². The first-order valence-corrected chi connectivity index (χ1v) is 3.28. The zero-order valence-electron chi connectivity index (χ0n) is 5.93. The third kappa shape index (κ3) is 4.40. The molecule has 0 heterocycles. The highest BCUT2D eigenvalue weighted by molar-refractivity contribution is 6.21. The zero-order valence-corrected chi connectivity index (χ0v) is 6.69. The maximum Gasteiger partial charge on any atom is 0.203 e. The van der Waals surface area contributed by atoms with E-state index in [-0.39, 0.29) is 5.96 Å². The van der Waals surface area contributed by atoms with Gasteiger partial charge in [-0.3, -0.25) is 9.83 Å². The molecule has 0 aromatic carbocycles. The molecular weight excluding hydrogens is 154 g/mol. The molecule has 0 amide bonds. The molecule has 0 unspecified atom stereocenters. The van der Waals surface area contributed by atoms with Crippen molar-refractivity contribution >= 4 is 17.7 Å². The SMILES string of the molecule is COCCCN(Cl)C(=N)N. The van der Waals surface area contributed by atoms with Crippen LogP contribution >= 0.6 is 11.8 Å². The lowest BCUT2D eigenvalue weighted by Crippen LogP contribution is -2.29. The Morgan fingerprint density at radius 1 is 1.80 bits per heavy atom. The standard InChI is InChI=1S/C5H12ClN3O/c1-10-4-2-3-9(6)5(7)8/h2-4H2,1H3,(H3,7,8). The lowest BCUT2D eigenvalue weighted by molar-refractivity contribution is 0.192. The Balaban J connectivity index is 3.21. The van der Waals surface area contributed by atoms with Crippen molar-refractivity contribution in [3.63, 3.8) is 0 Å². The number of nitrogens with one attached hydrogen (secondary N) is 1. The van der Waals surface area contributed by atoms with Gasteiger partial charge in [-0.25, -0.2) is 0 Å². The van der Waals surface area contributed by atoms with Crippen LogP contribution < -0.4 is 5.73 Å². The average Bonchev–Trinajstić information content (AvgIpc) is 1.88. The second-order valence-corrected chi connectivity index (χ2v) is 2.23. The van der Waals surface area contributed by atoms with Gasteiger partial charge < -0.3 is 10.5 Å². The number of ether oxygens (including phenoxy) is 1. The van der Waals surface area contributed by atoms with Gasteiger partial charge in [-0.2, -0.15) is 0 Å². The molecule has 5 heteroatoms. The Morgan fingerprint density at radius 2 is 2.40 bits per heavy atom. The Kier molecular flexibility index (Phi) is 5.06. The van der Waals surface area contributed by atoms with Gasteiger partial charge in [0.1, 0.15) is 0 Å². The van der Waals surface area contributed by atoms with Crippen molar-refractivity contribution in [2.45, 2.75) is 6.42 Å². The second-order valence-electron chi connectivity index (χ2n) is 1.82. The van der Waals surface area contributed by atoms with E-state index in [0.29, 0.717) is 13.2 Å². The molecule has 0 radical (unpaired) electrons. The van der Waals surface area contributed by atoms with Crippen molar-refractivity contribution in [2.24, 2.45) is 5.73 Å². The van der Waals surface area contributed by atoms with E-state index in [4.69, 9.17) is 27.7 Å².